The van der Waals surface area contributed by atoms with Crippen molar-refractivity contribution in [3.05, 3.63) is 64.7 Å². The Hall–Kier alpha value is -2.47. The first-order valence-electron chi connectivity index (χ1n) is 6.36. The summed E-state index contributed by atoms with van der Waals surface area (Å²) in [5.74, 6) is -2.70. The molecule has 1 unspecified atom stereocenters. The van der Waals surface area contributed by atoms with Gasteiger partial charge in [0.1, 0.15) is 0 Å². The Morgan fingerprint density at radius 3 is 2.64 bits per heavy atom. The van der Waals surface area contributed by atoms with Crippen molar-refractivity contribution < 1.29 is 19.1 Å². The van der Waals surface area contributed by atoms with E-state index in [1.165, 1.54) is 12.3 Å². The van der Waals surface area contributed by atoms with Gasteiger partial charge in [0, 0.05) is 11.2 Å². The van der Waals surface area contributed by atoms with Crippen molar-refractivity contribution in [1.82, 2.24) is 10.3 Å². The predicted molar refractivity (Wildman–Crippen MR) is 78.1 cm³/mol. The summed E-state index contributed by atoms with van der Waals surface area (Å²) in [5, 5.41) is 11.8. The molecule has 2 N–H and O–H groups in total. The summed E-state index contributed by atoms with van der Waals surface area (Å²) in [5.41, 5.74) is 0.0428. The highest BCUT2D eigenvalue weighted by Gasteiger charge is 2.22. The zero-order valence-electron chi connectivity index (χ0n) is 11.3. The smallest absolute Gasteiger partial charge is 0.305 e. The van der Waals surface area contributed by atoms with E-state index in [1.54, 1.807) is 24.3 Å². The normalized spacial score (nSPS) is 11.7. The average molecular weight is 323 g/mol. The van der Waals surface area contributed by atoms with Crippen LogP contribution in [0, 0.1) is 5.82 Å². The molecule has 1 amide bonds. The van der Waals surface area contributed by atoms with Crippen molar-refractivity contribution >= 4 is 23.5 Å². The van der Waals surface area contributed by atoms with E-state index >= 15 is 0 Å². The molecule has 1 aromatic heterocycles. The van der Waals surface area contributed by atoms with Gasteiger partial charge < -0.3 is 10.4 Å². The summed E-state index contributed by atoms with van der Waals surface area (Å²) in [6.45, 7) is 0. The van der Waals surface area contributed by atoms with Gasteiger partial charge in [-0.15, -0.1) is 0 Å². The lowest BCUT2D eigenvalue weighted by Crippen LogP contribution is -2.31. The Kier molecular flexibility index (Phi) is 5.06. The number of aliphatic carboxylic acids is 1. The van der Waals surface area contributed by atoms with Crippen LogP contribution in [0.4, 0.5) is 4.39 Å². The summed E-state index contributed by atoms with van der Waals surface area (Å²) in [7, 11) is 0. The van der Waals surface area contributed by atoms with Gasteiger partial charge in [-0.2, -0.15) is 0 Å². The number of rotatable bonds is 5. The third-order valence-electron chi connectivity index (χ3n) is 2.94. The van der Waals surface area contributed by atoms with Crippen molar-refractivity contribution in [2.75, 3.05) is 0 Å². The van der Waals surface area contributed by atoms with Crippen molar-refractivity contribution in [2.24, 2.45) is 0 Å². The largest absolute Gasteiger partial charge is 0.481 e. The van der Waals surface area contributed by atoms with Crippen molar-refractivity contribution in [3.63, 3.8) is 0 Å². The first kappa shape index (κ1) is 15.9. The Morgan fingerprint density at radius 1 is 1.27 bits per heavy atom. The highest BCUT2D eigenvalue weighted by atomic mass is 35.5. The molecule has 0 saturated heterocycles. The molecule has 0 aliphatic rings. The highest BCUT2D eigenvalue weighted by Crippen LogP contribution is 2.25. The number of carboxylic acid groups (broad SMARTS) is 1. The van der Waals surface area contributed by atoms with E-state index in [2.05, 4.69) is 10.3 Å². The van der Waals surface area contributed by atoms with Crippen LogP contribution in [0.5, 0.6) is 0 Å². The number of hydrogen-bond acceptors (Lipinski definition) is 3. The van der Waals surface area contributed by atoms with Gasteiger partial charge in [-0.3, -0.25) is 9.59 Å². The predicted octanol–water partition coefficient (Wildman–Crippen LogP) is 2.82. The van der Waals surface area contributed by atoms with Gasteiger partial charge in [0.05, 0.1) is 12.5 Å². The lowest BCUT2D eigenvalue weighted by atomic mass is 10.0. The molecule has 7 heteroatoms. The van der Waals surface area contributed by atoms with Crippen molar-refractivity contribution in [2.45, 2.75) is 12.5 Å². The van der Waals surface area contributed by atoms with Crippen LogP contribution < -0.4 is 5.32 Å². The number of nitrogens with zero attached hydrogens (tertiary/aromatic N) is 1. The van der Waals surface area contributed by atoms with Gasteiger partial charge in [0.2, 0.25) is 0 Å². The van der Waals surface area contributed by atoms with Gasteiger partial charge >= 0.3 is 5.97 Å². The van der Waals surface area contributed by atoms with E-state index in [0.717, 1.165) is 6.07 Å². The molecule has 1 aromatic carbocycles. The molecule has 0 aliphatic heterocycles. The molecule has 2 aromatic rings. The zero-order valence-corrected chi connectivity index (χ0v) is 12.0. The third kappa shape index (κ3) is 3.79. The first-order chi connectivity index (χ1) is 10.5. The molecular weight excluding hydrogens is 311 g/mol. The first-order valence-corrected chi connectivity index (χ1v) is 6.74. The maximum Gasteiger partial charge on any atom is 0.305 e. The molecule has 0 aliphatic carbocycles. The standard InChI is InChI=1S/C15H12ClFN2O3/c16-10-5-2-1-4-9(10)12(8-13(20)21)19-15(22)14-11(17)6-3-7-18-14/h1-7,12H,8H2,(H,19,22)(H,20,21). The van der Waals surface area contributed by atoms with Crippen LogP contribution in [0.1, 0.15) is 28.5 Å². The lowest BCUT2D eigenvalue weighted by Gasteiger charge is -2.18. The maximum atomic E-state index is 13.6. The molecule has 22 heavy (non-hydrogen) atoms. The van der Waals surface area contributed by atoms with Crippen LogP contribution in [-0.2, 0) is 4.79 Å². The number of carbonyl (C=O) groups excluding carboxylic acids is 1. The van der Waals surface area contributed by atoms with E-state index in [0.29, 0.717) is 10.6 Å². The Morgan fingerprint density at radius 2 is 2.00 bits per heavy atom. The van der Waals surface area contributed by atoms with Gasteiger partial charge in [-0.25, -0.2) is 9.37 Å². The Labute approximate surface area is 130 Å². The number of hydrogen-bond donors (Lipinski definition) is 2. The van der Waals surface area contributed by atoms with Crippen LogP contribution in [0.15, 0.2) is 42.6 Å². The number of benzene rings is 1. The van der Waals surface area contributed by atoms with E-state index < -0.39 is 29.4 Å². The van der Waals surface area contributed by atoms with Gasteiger partial charge in [-0.05, 0) is 23.8 Å². The van der Waals surface area contributed by atoms with Gasteiger partial charge in [0.25, 0.3) is 5.91 Å². The van der Waals surface area contributed by atoms with E-state index in [-0.39, 0.29) is 6.42 Å². The second kappa shape index (κ2) is 7.00. The molecule has 0 radical (unpaired) electrons. The minimum Gasteiger partial charge on any atom is -0.481 e. The minimum absolute atomic E-state index is 0.315. The number of halogens is 2. The van der Waals surface area contributed by atoms with E-state index in [9.17, 15) is 14.0 Å². The fraction of sp³-hybridized carbons (Fsp3) is 0.133. The Balaban J connectivity index is 2.28. The van der Waals surface area contributed by atoms with E-state index in [4.69, 9.17) is 16.7 Å². The molecule has 0 bridgehead atoms. The van der Waals surface area contributed by atoms with Crippen LogP contribution in [0.25, 0.3) is 0 Å². The maximum absolute atomic E-state index is 13.6. The van der Waals surface area contributed by atoms with Gasteiger partial charge in [-0.1, -0.05) is 29.8 Å². The third-order valence-corrected chi connectivity index (χ3v) is 3.28. The highest BCUT2D eigenvalue weighted by molar-refractivity contribution is 6.31. The minimum atomic E-state index is -1.12. The molecular formula is C15H12ClFN2O3. The molecule has 2 rings (SSSR count). The van der Waals surface area contributed by atoms with Gasteiger partial charge in [0.15, 0.2) is 11.5 Å². The van der Waals surface area contributed by atoms with Crippen LogP contribution in [0.3, 0.4) is 0 Å². The lowest BCUT2D eigenvalue weighted by molar-refractivity contribution is -0.137. The Bertz CT molecular complexity index is 709. The summed E-state index contributed by atoms with van der Waals surface area (Å²) >= 11 is 6.03. The number of carbonyl (C=O) groups is 2. The molecule has 0 saturated carbocycles. The fourth-order valence-electron chi connectivity index (χ4n) is 1.95. The van der Waals surface area contributed by atoms with Crippen LogP contribution in [-0.4, -0.2) is 22.0 Å². The molecule has 114 valence electrons. The molecule has 0 fully saturated rings. The number of pyridine rings is 1. The average Bonchev–Trinajstić information content (AvgIpc) is 2.47. The number of aromatic nitrogens is 1. The molecule has 1 heterocycles. The number of amides is 1. The van der Waals surface area contributed by atoms with Crippen molar-refractivity contribution in [3.8, 4) is 0 Å². The monoisotopic (exact) mass is 322 g/mol. The molecule has 0 spiro atoms. The van der Waals surface area contributed by atoms with Crippen LogP contribution in [0.2, 0.25) is 5.02 Å². The van der Waals surface area contributed by atoms with Crippen molar-refractivity contribution in [1.29, 1.82) is 0 Å². The zero-order chi connectivity index (χ0) is 16.1. The quantitative estimate of drug-likeness (QED) is 0.887. The second-order valence-electron chi connectivity index (χ2n) is 4.48. The topological polar surface area (TPSA) is 79.3 Å². The SMILES string of the molecule is O=C(O)CC(NC(=O)c1ncccc1F)c1ccccc1Cl. The summed E-state index contributed by atoms with van der Waals surface area (Å²) in [6.07, 6.45) is 0.892. The number of nitrogens with one attached hydrogen (secondary N) is 1. The van der Waals surface area contributed by atoms with E-state index in [1.807, 2.05) is 0 Å². The fourth-order valence-corrected chi connectivity index (χ4v) is 2.22. The summed E-state index contributed by atoms with van der Waals surface area (Å²) in [6, 6.07) is 8.11. The molecule has 1 atom stereocenters. The van der Waals surface area contributed by atoms with Crippen LogP contribution >= 0.6 is 11.6 Å². The number of carboxylic acids is 1. The second-order valence-corrected chi connectivity index (χ2v) is 4.89. The summed E-state index contributed by atoms with van der Waals surface area (Å²) < 4.78 is 13.6. The summed E-state index contributed by atoms with van der Waals surface area (Å²) in [4.78, 5) is 26.7. The molecule has 5 nitrogen and oxygen atoms in total.